The second-order valence-electron chi connectivity index (χ2n) is 9.29. The van der Waals surface area contributed by atoms with Gasteiger partial charge in [0.2, 0.25) is 0 Å². The van der Waals surface area contributed by atoms with Gasteiger partial charge in [-0.05, 0) is 12.1 Å². The van der Waals surface area contributed by atoms with E-state index in [0.717, 1.165) is 0 Å². The van der Waals surface area contributed by atoms with Crippen molar-refractivity contribution in [3.05, 3.63) is 98.6 Å². The van der Waals surface area contributed by atoms with E-state index in [1.54, 1.807) is 57.3 Å². The first kappa shape index (κ1) is 28.0. The number of rotatable bonds is 9. The first-order valence-corrected chi connectivity index (χ1v) is 14.7. The van der Waals surface area contributed by atoms with Gasteiger partial charge in [0.25, 0.3) is 0 Å². The van der Waals surface area contributed by atoms with E-state index >= 15 is 8.78 Å². The molecular weight excluding hydrogens is 617 g/mol. The van der Waals surface area contributed by atoms with Crippen LogP contribution in [0, 0.1) is 3.57 Å². The van der Waals surface area contributed by atoms with Crippen LogP contribution in [-0.2, 0) is 15.1 Å². The normalized spacial score (nSPS) is 15.6. The minimum absolute atomic E-state index is 0.156. The zero-order chi connectivity index (χ0) is 27.7. The molecule has 5 nitrogen and oxygen atoms in total. The predicted molar refractivity (Wildman–Crippen MR) is 143 cm³/mol. The van der Waals surface area contributed by atoms with Crippen molar-refractivity contribution in [2.24, 2.45) is 0 Å². The van der Waals surface area contributed by atoms with Crippen molar-refractivity contribution < 1.29 is 35.0 Å². The van der Waals surface area contributed by atoms with Gasteiger partial charge in [0.15, 0.2) is 0 Å². The van der Waals surface area contributed by atoms with Crippen molar-refractivity contribution >= 4 is 32.4 Å². The SMILES string of the molecule is CN(CCc1ccc(OC(F)(F)C(F)(F)I2OC(C)(C)c3ccccc32)cc1)C(=O)c1ccc(C=O)cc1. The molecule has 1 aliphatic heterocycles. The molecule has 0 radical (unpaired) electrons. The van der Waals surface area contributed by atoms with Crippen LogP contribution in [0.1, 0.15) is 45.7 Å². The number of fused-ring (bicyclic) bond motifs is 1. The number of ether oxygens (including phenoxy) is 1. The topological polar surface area (TPSA) is 55.8 Å². The molecule has 0 saturated carbocycles. The molecule has 0 aromatic heterocycles. The fraction of sp³-hybridized carbons (Fsp3) is 0.286. The monoisotopic (exact) mass is 643 g/mol. The Balaban J connectivity index is 1.39. The molecule has 1 heterocycles. The van der Waals surface area contributed by atoms with Gasteiger partial charge in [0, 0.05) is 5.56 Å². The molecule has 3 aromatic rings. The maximum absolute atomic E-state index is 15.2. The number of nitrogens with zero attached hydrogens (tertiary/aromatic N) is 1. The van der Waals surface area contributed by atoms with E-state index in [1.165, 1.54) is 41.3 Å². The number of amides is 1. The Kier molecular flexibility index (Phi) is 7.85. The van der Waals surface area contributed by atoms with Crippen LogP contribution in [0.25, 0.3) is 0 Å². The van der Waals surface area contributed by atoms with E-state index in [-0.39, 0.29) is 9.48 Å². The summed E-state index contributed by atoms with van der Waals surface area (Å²) in [5.74, 6) is -0.645. The predicted octanol–water partition coefficient (Wildman–Crippen LogP) is 6.93. The van der Waals surface area contributed by atoms with Crippen molar-refractivity contribution in [3.8, 4) is 5.75 Å². The summed E-state index contributed by atoms with van der Waals surface area (Å²) in [5.41, 5.74) is 0.990. The average Bonchev–Trinajstić information content (AvgIpc) is 3.19. The molecule has 3 aromatic carbocycles. The number of carbonyl (C=O) groups excluding carboxylic acids is 2. The molecule has 0 bridgehead atoms. The molecule has 4 rings (SSSR count). The molecule has 0 unspecified atom stereocenters. The summed E-state index contributed by atoms with van der Waals surface area (Å²) in [7, 11) is 1.62. The summed E-state index contributed by atoms with van der Waals surface area (Å²) in [4.78, 5) is 24.8. The Morgan fingerprint density at radius 2 is 1.63 bits per heavy atom. The molecule has 10 heteroatoms. The average molecular weight is 643 g/mol. The third-order valence-corrected chi connectivity index (χ3v) is 11.5. The van der Waals surface area contributed by atoms with Crippen LogP contribution in [0.5, 0.6) is 5.75 Å². The Hall–Kier alpha value is -2.99. The number of hydrogen-bond donors (Lipinski definition) is 0. The van der Waals surface area contributed by atoms with Crippen molar-refractivity contribution in [2.45, 2.75) is 35.9 Å². The molecule has 38 heavy (non-hydrogen) atoms. The van der Waals surface area contributed by atoms with Gasteiger partial charge in [-0.15, -0.1) is 0 Å². The first-order chi connectivity index (χ1) is 17.9. The zero-order valence-corrected chi connectivity index (χ0v) is 23.0. The van der Waals surface area contributed by atoms with Gasteiger partial charge in [-0.25, -0.2) is 0 Å². The molecule has 0 N–H and O–H groups in total. The number of aldehydes is 1. The molecule has 202 valence electrons. The Morgan fingerprint density at radius 3 is 2.26 bits per heavy atom. The first-order valence-electron chi connectivity index (χ1n) is 11.7. The Bertz CT molecular complexity index is 1310. The third-order valence-electron chi connectivity index (χ3n) is 6.07. The van der Waals surface area contributed by atoms with Crippen LogP contribution in [0.4, 0.5) is 17.6 Å². The summed E-state index contributed by atoms with van der Waals surface area (Å²) in [5, 5.41) is 0. The zero-order valence-electron chi connectivity index (χ0n) is 20.9. The van der Waals surface area contributed by atoms with Crippen molar-refractivity contribution in [2.75, 3.05) is 13.6 Å². The molecule has 1 aliphatic rings. The van der Waals surface area contributed by atoms with Crippen LogP contribution in [0.2, 0.25) is 0 Å². The third kappa shape index (κ3) is 5.56. The van der Waals surface area contributed by atoms with E-state index in [0.29, 0.717) is 41.5 Å². The van der Waals surface area contributed by atoms with Gasteiger partial charge in [-0.2, -0.15) is 0 Å². The van der Waals surface area contributed by atoms with E-state index in [1.807, 2.05) is 0 Å². The molecule has 0 atom stereocenters. The van der Waals surface area contributed by atoms with Gasteiger partial charge in [-0.1, -0.05) is 12.1 Å². The molecule has 0 fully saturated rings. The number of carbonyl (C=O) groups is 2. The number of hydrogen-bond acceptors (Lipinski definition) is 4. The quantitative estimate of drug-likeness (QED) is 0.110. The number of alkyl halides is 5. The Labute approximate surface area is 225 Å². The second-order valence-corrected chi connectivity index (χ2v) is 13.7. The second kappa shape index (κ2) is 10.6. The molecule has 0 aliphatic carbocycles. The fourth-order valence-corrected chi connectivity index (χ4v) is 9.06. The summed E-state index contributed by atoms with van der Waals surface area (Å²) in [6.45, 7) is 3.50. The van der Waals surface area contributed by atoms with Gasteiger partial charge in [0.1, 0.15) is 6.29 Å². The van der Waals surface area contributed by atoms with E-state index in [4.69, 9.17) is 3.07 Å². The van der Waals surface area contributed by atoms with Crippen LogP contribution in [0.15, 0.2) is 72.8 Å². The van der Waals surface area contributed by atoms with Crippen molar-refractivity contribution in [1.82, 2.24) is 4.90 Å². The smallest absolute Gasteiger partial charge is 0.298 e. The molecule has 1 amide bonds. The molecular formula is C28H26F4INO4. The van der Waals surface area contributed by atoms with E-state index in [2.05, 4.69) is 4.74 Å². The van der Waals surface area contributed by atoms with E-state index in [9.17, 15) is 18.4 Å². The van der Waals surface area contributed by atoms with Crippen LogP contribution in [0.3, 0.4) is 0 Å². The number of likely N-dealkylation sites (N-methyl/N-ethyl adjacent to an activating group) is 1. The summed E-state index contributed by atoms with van der Waals surface area (Å²) < 4.78 is 65.8. The summed E-state index contributed by atoms with van der Waals surface area (Å²) in [6.07, 6.45) is -3.69. The number of halogens is 5. The molecule has 0 saturated heterocycles. The minimum Gasteiger partial charge on any atom is -0.298 e. The fourth-order valence-electron chi connectivity index (χ4n) is 3.90. The van der Waals surface area contributed by atoms with Gasteiger partial charge in [0.05, 0.1) is 0 Å². The molecule has 0 spiro atoms. The van der Waals surface area contributed by atoms with Gasteiger partial charge >= 0.3 is 185 Å². The van der Waals surface area contributed by atoms with E-state index < -0.39 is 41.6 Å². The van der Waals surface area contributed by atoms with Crippen LogP contribution < -0.4 is 4.74 Å². The summed E-state index contributed by atoms with van der Waals surface area (Å²) >= 11 is -4.14. The minimum atomic E-state index is -4.78. The van der Waals surface area contributed by atoms with Gasteiger partial charge < -0.3 is 0 Å². The summed E-state index contributed by atoms with van der Waals surface area (Å²) in [6, 6.07) is 17.9. The van der Waals surface area contributed by atoms with Crippen LogP contribution in [-0.4, -0.2) is 40.7 Å². The number of benzene rings is 3. The van der Waals surface area contributed by atoms with Crippen molar-refractivity contribution in [3.63, 3.8) is 0 Å². The Morgan fingerprint density at radius 1 is 1.00 bits per heavy atom. The standard InChI is InChI=1S/C28H26F4INO4/c1-26(2)23-6-4-5-7-24(23)33(38-26)27(29,30)28(31,32)37-22-14-10-19(11-15-22)16-17-34(3)25(36)21-12-8-20(18-35)9-13-21/h4-15,18H,16-17H2,1-3H3. The van der Waals surface area contributed by atoms with Crippen molar-refractivity contribution in [1.29, 1.82) is 0 Å². The van der Waals surface area contributed by atoms with Gasteiger partial charge in [-0.3, -0.25) is 4.79 Å². The van der Waals surface area contributed by atoms with Crippen LogP contribution >= 0.6 is 20.2 Å². The maximum atomic E-state index is 15.2.